The highest BCUT2D eigenvalue weighted by Gasteiger charge is 2.37. The number of hydrogen-bond donors (Lipinski definition) is 3. The number of aromatic amines is 1. The molecule has 3 heterocycles. The number of carbonyl (C=O) groups is 2. The van der Waals surface area contributed by atoms with Gasteiger partial charge in [0.1, 0.15) is 6.04 Å². The number of nitrogen functional groups attached to an aromatic ring is 1. The van der Waals surface area contributed by atoms with Crippen LogP contribution in [0.4, 0.5) is 5.95 Å². The molecule has 9 nitrogen and oxygen atoms in total. The van der Waals surface area contributed by atoms with Crippen molar-refractivity contribution in [3.8, 4) is 11.3 Å². The third-order valence-electron chi connectivity index (χ3n) is 4.53. The molecule has 2 aromatic heterocycles. The number of nitrogens with one attached hydrogen (secondary N) is 1. The quantitative estimate of drug-likeness (QED) is 0.632. The highest BCUT2D eigenvalue weighted by Crippen LogP contribution is 2.27. The van der Waals surface area contributed by atoms with Gasteiger partial charge in [-0.05, 0) is 0 Å². The Balaban J connectivity index is 1.77. The second-order valence-corrected chi connectivity index (χ2v) is 6.18. The van der Waals surface area contributed by atoms with Gasteiger partial charge in [0.25, 0.3) is 5.91 Å². The summed E-state index contributed by atoms with van der Waals surface area (Å²) in [5.74, 6) is -1.52. The first kappa shape index (κ1) is 16.7. The number of fused-ring (bicyclic) bond motifs is 1. The minimum atomic E-state index is -1.09. The third-order valence-corrected chi connectivity index (χ3v) is 4.53. The molecule has 0 fully saturated rings. The molecular formula is C18H16N6O3. The average Bonchev–Trinajstić information content (AvgIpc) is 3.14. The number of imidazole rings is 1. The highest BCUT2D eigenvalue weighted by molar-refractivity contribution is 6.01. The van der Waals surface area contributed by atoms with Crippen molar-refractivity contribution in [2.75, 3.05) is 5.73 Å². The van der Waals surface area contributed by atoms with E-state index in [2.05, 4.69) is 19.9 Å². The molecule has 136 valence electrons. The third kappa shape index (κ3) is 2.99. The number of carboxylic acids is 1. The standard InChI is InChI=1S/C18H16N6O3/c19-18-20-7-11(15(23-18)10-4-2-1-3-5-10)16(25)24-8-13-12(21-9-22-13)6-14(24)17(26)27/h1-5,7,9,14H,6,8H2,(H,21,22)(H,26,27)(H2,19,20,23)/t14-/m0/s1. The number of benzene rings is 1. The van der Waals surface area contributed by atoms with Gasteiger partial charge in [0.15, 0.2) is 0 Å². The molecule has 1 aliphatic rings. The van der Waals surface area contributed by atoms with Gasteiger partial charge in [-0.15, -0.1) is 0 Å². The number of amides is 1. The lowest BCUT2D eigenvalue weighted by molar-refractivity contribution is -0.142. The summed E-state index contributed by atoms with van der Waals surface area (Å²) in [6.07, 6.45) is 2.98. The smallest absolute Gasteiger partial charge is 0.326 e. The van der Waals surface area contributed by atoms with Gasteiger partial charge in [0.2, 0.25) is 5.95 Å². The van der Waals surface area contributed by atoms with Crippen LogP contribution in [0.5, 0.6) is 0 Å². The van der Waals surface area contributed by atoms with Crippen molar-refractivity contribution in [1.82, 2.24) is 24.8 Å². The van der Waals surface area contributed by atoms with Crippen LogP contribution in [0, 0.1) is 0 Å². The molecule has 0 saturated carbocycles. The molecule has 1 atom stereocenters. The van der Waals surface area contributed by atoms with Gasteiger partial charge in [-0.2, -0.15) is 0 Å². The summed E-state index contributed by atoms with van der Waals surface area (Å²) < 4.78 is 0. The number of H-pyrrole nitrogens is 1. The van der Waals surface area contributed by atoms with Gasteiger partial charge in [0.05, 0.1) is 35.5 Å². The molecule has 0 spiro atoms. The van der Waals surface area contributed by atoms with Gasteiger partial charge in [-0.25, -0.2) is 19.7 Å². The van der Waals surface area contributed by atoms with E-state index in [1.165, 1.54) is 17.4 Å². The Hall–Kier alpha value is -3.75. The molecule has 4 rings (SSSR count). The number of aromatic nitrogens is 4. The Kier molecular flexibility index (Phi) is 4.03. The Morgan fingerprint density at radius 3 is 2.74 bits per heavy atom. The van der Waals surface area contributed by atoms with Crippen LogP contribution in [0.1, 0.15) is 21.7 Å². The zero-order valence-electron chi connectivity index (χ0n) is 14.2. The molecule has 0 radical (unpaired) electrons. The summed E-state index contributed by atoms with van der Waals surface area (Å²) in [7, 11) is 0. The van der Waals surface area contributed by atoms with E-state index in [1.54, 1.807) is 12.1 Å². The van der Waals surface area contributed by atoms with Gasteiger partial charge >= 0.3 is 5.97 Å². The highest BCUT2D eigenvalue weighted by atomic mass is 16.4. The fourth-order valence-corrected chi connectivity index (χ4v) is 3.19. The van der Waals surface area contributed by atoms with E-state index in [9.17, 15) is 14.7 Å². The SMILES string of the molecule is Nc1ncc(C(=O)N2Cc3[nH]cnc3C[C@H]2C(=O)O)c(-c2ccccc2)n1. The van der Waals surface area contributed by atoms with Gasteiger partial charge in [-0.3, -0.25) is 4.79 Å². The van der Waals surface area contributed by atoms with Crippen LogP contribution in [-0.4, -0.2) is 47.9 Å². The first-order valence-corrected chi connectivity index (χ1v) is 8.27. The van der Waals surface area contributed by atoms with Crippen molar-refractivity contribution in [3.63, 3.8) is 0 Å². The predicted molar refractivity (Wildman–Crippen MR) is 95.5 cm³/mol. The van der Waals surface area contributed by atoms with Crippen molar-refractivity contribution in [1.29, 1.82) is 0 Å². The average molecular weight is 364 g/mol. The van der Waals surface area contributed by atoms with Gasteiger partial charge in [0, 0.05) is 18.2 Å². The van der Waals surface area contributed by atoms with Crippen LogP contribution in [0.3, 0.4) is 0 Å². The van der Waals surface area contributed by atoms with E-state index >= 15 is 0 Å². The van der Waals surface area contributed by atoms with Crippen LogP contribution in [0.25, 0.3) is 11.3 Å². The summed E-state index contributed by atoms with van der Waals surface area (Å²) in [5.41, 5.74) is 8.35. The Morgan fingerprint density at radius 2 is 2.00 bits per heavy atom. The van der Waals surface area contributed by atoms with E-state index in [-0.39, 0.29) is 24.5 Å². The van der Waals surface area contributed by atoms with Crippen molar-refractivity contribution >= 4 is 17.8 Å². The number of nitrogens with two attached hydrogens (primary N) is 1. The molecule has 1 aromatic carbocycles. The maximum atomic E-state index is 13.3. The lowest BCUT2D eigenvalue weighted by Crippen LogP contribution is -2.49. The molecule has 1 amide bonds. The molecule has 1 aliphatic heterocycles. The molecule has 0 aliphatic carbocycles. The lowest BCUT2D eigenvalue weighted by atomic mass is 10.00. The van der Waals surface area contributed by atoms with Crippen molar-refractivity contribution < 1.29 is 14.7 Å². The van der Waals surface area contributed by atoms with Crippen molar-refractivity contribution in [2.45, 2.75) is 19.0 Å². The zero-order chi connectivity index (χ0) is 19.0. The maximum Gasteiger partial charge on any atom is 0.326 e. The fourth-order valence-electron chi connectivity index (χ4n) is 3.19. The number of hydrogen-bond acceptors (Lipinski definition) is 6. The summed E-state index contributed by atoms with van der Waals surface area (Å²) >= 11 is 0. The van der Waals surface area contributed by atoms with Crippen LogP contribution < -0.4 is 5.73 Å². The van der Waals surface area contributed by atoms with Crippen molar-refractivity contribution in [2.24, 2.45) is 0 Å². The number of anilines is 1. The molecule has 3 aromatic rings. The largest absolute Gasteiger partial charge is 0.480 e. The van der Waals surface area contributed by atoms with Crippen LogP contribution in [0.2, 0.25) is 0 Å². The van der Waals surface area contributed by atoms with E-state index in [1.807, 2.05) is 18.2 Å². The van der Waals surface area contributed by atoms with E-state index in [0.29, 0.717) is 17.0 Å². The Bertz CT molecular complexity index is 1020. The molecule has 27 heavy (non-hydrogen) atoms. The second-order valence-electron chi connectivity index (χ2n) is 6.18. The fraction of sp³-hybridized carbons (Fsp3) is 0.167. The Morgan fingerprint density at radius 1 is 1.22 bits per heavy atom. The van der Waals surface area contributed by atoms with Crippen LogP contribution in [0.15, 0.2) is 42.9 Å². The zero-order valence-corrected chi connectivity index (χ0v) is 14.2. The number of rotatable bonds is 3. The topological polar surface area (TPSA) is 138 Å². The van der Waals surface area contributed by atoms with Gasteiger partial charge < -0.3 is 20.7 Å². The first-order valence-electron chi connectivity index (χ1n) is 8.27. The van der Waals surface area contributed by atoms with E-state index < -0.39 is 17.9 Å². The van der Waals surface area contributed by atoms with E-state index in [0.717, 1.165) is 5.69 Å². The predicted octanol–water partition coefficient (Wildman–Crippen LogP) is 1.10. The summed E-state index contributed by atoms with van der Waals surface area (Å²) in [5, 5.41) is 9.61. The van der Waals surface area contributed by atoms with Crippen molar-refractivity contribution in [3.05, 3.63) is 59.8 Å². The molecule has 4 N–H and O–H groups in total. The lowest BCUT2D eigenvalue weighted by Gasteiger charge is -2.32. The Labute approximate surface area is 153 Å². The monoisotopic (exact) mass is 364 g/mol. The normalized spacial score (nSPS) is 16.0. The number of nitrogens with zero attached hydrogens (tertiary/aromatic N) is 4. The molecular weight excluding hydrogens is 348 g/mol. The maximum absolute atomic E-state index is 13.3. The number of aliphatic carboxylic acids is 1. The van der Waals surface area contributed by atoms with E-state index in [4.69, 9.17) is 5.73 Å². The minimum absolute atomic E-state index is 0.0367. The first-order chi connectivity index (χ1) is 13.0. The molecule has 9 heteroatoms. The molecule has 0 bridgehead atoms. The summed E-state index contributed by atoms with van der Waals surface area (Å²) in [4.78, 5) is 41.6. The number of carboxylic acid groups (broad SMARTS) is 1. The number of carbonyl (C=O) groups excluding carboxylic acids is 1. The van der Waals surface area contributed by atoms with Gasteiger partial charge in [-0.1, -0.05) is 30.3 Å². The molecule has 0 unspecified atom stereocenters. The summed E-state index contributed by atoms with van der Waals surface area (Å²) in [6.45, 7) is 0.115. The second kappa shape index (κ2) is 6.52. The van der Waals surface area contributed by atoms with Crippen LogP contribution >= 0.6 is 0 Å². The molecule has 0 saturated heterocycles. The van der Waals surface area contributed by atoms with Crippen LogP contribution in [-0.2, 0) is 17.8 Å². The summed E-state index contributed by atoms with van der Waals surface area (Å²) in [6, 6.07) is 8.07. The minimum Gasteiger partial charge on any atom is -0.480 e.